The molecule has 2 rings (SSSR count). The van der Waals surface area contributed by atoms with Crippen LogP contribution < -0.4 is 5.73 Å². The zero-order valence-corrected chi connectivity index (χ0v) is 8.76. The number of aromatic nitrogens is 2. The maximum atomic E-state index is 5.59. The first-order valence-electron chi connectivity index (χ1n) is 4.99. The molecular weight excluding hydrogens is 178 g/mol. The highest BCUT2D eigenvalue weighted by Crippen LogP contribution is 2.30. The maximum Gasteiger partial charge on any atom is 0.115 e. The fourth-order valence-electron chi connectivity index (χ4n) is 1.83. The van der Waals surface area contributed by atoms with E-state index >= 15 is 0 Å². The van der Waals surface area contributed by atoms with Gasteiger partial charge in [-0.2, -0.15) is 0 Å². The number of rotatable bonds is 2. The summed E-state index contributed by atoms with van der Waals surface area (Å²) >= 11 is 0. The summed E-state index contributed by atoms with van der Waals surface area (Å²) in [6.07, 6.45) is 1.03. The van der Waals surface area contributed by atoms with E-state index < -0.39 is 0 Å². The molecular formula is C10H17N3O. The first-order chi connectivity index (χ1) is 6.65. The number of nitrogens with one attached hydrogen (secondary N) is 1. The Bertz CT molecular complexity index is 326. The first-order valence-corrected chi connectivity index (χ1v) is 4.99. The predicted molar refractivity (Wildman–Crippen MR) is 54.0 cm³/mol. The number of H-pyrrole nitrogens is 1. The minimum absolute atomic E-state index is 0.0537. The average Bonchev–Trinajstić information content (AvgIpc) is 2.73. The zero-order chi connectivity index (χ0) is 10.2. The molecule has 1 saturated heterocycles. The van der Waals surface area contributed by atoms with Gasteiger partial charge in [0.15, 0.2) is 0 Å². The van der Waals surface area contributed by atoms with E-state index in [2.05, 4.69) is 16.9 Å². The zero-order valence-electron chi connectivity index (χ0n) is 8.76. The minimum Gasteiger partial charge on any atom is -0.380 e. The van der Waals surface area contributed by atoms with Crippen molar-refractivity contribution in [1.29, 1.82) is 0 Å². The summed E-state index contributed by atoms with van der Waals surface area (Å²) in [5, 5.41) is 0. The lowest BCUT2D eigenvalue weighted by molar-refractivity contribution is 0.179. The molecule has 78 valence electrons. The summed E-state index contributed by atoms with van der Waals surface area (Å²) in [6.45, 7) is 6.27. The third-order valence-electron chi connectivity index (χ3n) is 2.97. The lowest BCUT2D eigenvalue weighted by atomic mass is 9.89. The lowest BCUT2D eigenvalue weighted by Gasteiger charge is -2.17. The van der Waals surface area contributed by atoms with Gasteiger partial charge in [0.2, 0.25) is 0 Å². The van der Waals surface area contributed by atoms with Crippen molar-refractivity contribution in [2.24, 2.45) is 5.73 Å². The molecule has 2 heterocycles. The summed E-state index contributed by atoms with van der Waals surface area (Å²) in [5.41, 5.74) is 7.69. The van der Waals surface area contributed by atoms with E-state index in [0.29, 0.717) is 6.54 Å². The standard InChI is InChI=1S/C10H17N3O/c1-7-8(5-11)13-9(12-7)10(2)3-4-14-6-10/h3-6,11H2,1-2H3,(H,12,13). The van der Waals surface area contributed by atoms with E-state index in [4.69, 9.17) is 10.5 Å². The third kappa shape index (κ3) is 1.44. The molecule has 0 spiro atoms. The Morgan fingerprint density at radius 2 is 2.43 bits per heavy atom. The molecule has 0 radical (unpaired) electrons. The Balaban J connectivity index is 2.31. The molecule has 0 aliphatic carbocycles. The van der Waals surface area contributed by atoms with Crippen LogP contribution in [-0.2, 0) is 16.7 Å². The lowest BCUT2D eigenvalue weighted by Crippen LogP contribution is -2.23. The summed E-state index contributed by atoms with van der Waals surface area (Å²) in [6, 6.07) is 0. The summed E-state index contributed by atoms with van der Waals surface area (Å²) in [4.78, 5) is 7.83. The van der Waals surface area contributed by atoms with E-state index in [-0.39, 0.29) is 5.41 Å². The van der Waals surface area contributed by atoms with Gasteiger partial charge < -0.3 is 15.5 Å². The number of ether oxygens (including phenoxy) is 1. The molecule has 3 N–H and O–H groups in total. The van der Waals surface area contributed by atoms with Crippen molar-refractivity contribution < 1.29 is 4.74 Å². The van der Waals surface area contributed by atoms with Crippen LogP contribution in [0.25, 0.3) is 0 Å². The van der Waals surface area contributed by atoms with Gasteiger partial charge in [-0.3, -0.25) is 0 Å². The van der Waals surface area contributed by atoms with Gasteiger partial charge in [0, 0.05) is 18.8 Å². The van der Waals surface area contributed by atoms with Gasteiger partial charge in [-0.15, -0.1) is 0 Å². The van der Waals surface area contributed by atoms with Crippen LogP contribution in [-0.4, -0.2) is 23.2 Å². The highest BCUT2D eigenvalue weighted by Gasteiger charge is 2.34. The quantitative estimate of drug-likeness (QED) is 0.735. The normalized spacial score (nSPS) is 27.1. The highest BCUT2D eigenvalue weighted by atomic mass is 16.5. The van der Waals surface area contributed by atoms with Crippen LogP contribution in [0, 0.1) is 6.92 Å². The molecule has 0 amide bonds. The molecule has 14 heavy (non-hydrogen) atoms. The van der Waals surface area contributed by atoms with Gasteiger partial charge in [0.05, 0.1) is 17.7 Å². The second kappa shape index (κ2) is 3.37. The first kappa shape index (κ1) is 9.68. The molecule has 0 bridgehead atoms. The molecule has 1 unspecified atom stereocenters. The Morgan fingerprint density at radius 3 is 2.93 bits per heavy atom. The number of imidazole rings is 1. The molecule has 1 aliphatic rings. The summed E-state index contributed by atoms with van der Waals surface area (Å²) in [5.74, 6) is 1.02. The molecule has 1 aliphatic heterocycles. The van der Waals surface area contributed by atoms with Crippen molar-refractivity contribution in [3.05, 3.63) is 17.2 Å². The highest BCUT2D eigenvalue weighted by molar-refractivity contribution is 5.19. The maximum absolute atomic E-state index is 5.59. The van der Waals surface area contributed by atoms with Crippen molar-refractivity contribution in [3.63, 3.8) is 0 Å². The predicted octanol–water partition coefficient (Wildman–Crippen LogP) is 0.855. The van der Waals surface area contributed by atoms with Crippen LogP contribution >= 0.6 is 0 Å². The smallest absolute Gasteiger partial charge is 0.115 e. The van der Waals surface area contributed by atoms with Gasteiger partial charge in [-0.05, 0) is 13.3 Å². The van der Waals surface area contributed by atoms with Gasteiger partial charge in [0.25, 0.3) is 0 Å². The van der Waals surface area contributed by atoms with Crippen LogP contribution in [0.5, 0.6) is 0 Å². The number of aryl methyl sites for hydroxylation is 1. The van der Waals surface area contributed by atoms with Crippen LogP contribution in [0.3, 0.4) is 0 Å². The number of nitrogens with zero attached hydrogens (tertiary/aromatic N) is 1. The van der Waals surface area contributed by atoms with E-state index in [0.717, 1.165) is 36.8 Å². The second-order valence-electron chi connectivity index (χ2n) is 4.22. The van der Waals surface area contributed by atoms with Crippen molar-refractivity contribution in [2.45, 2.75) is 32.2 Å². The van der Waals surface area contributed by atoms with Crippen LogP contribution in [0.1, 0.15) is 30.6 Å². The Morgan fingerprint density at radius 1 is 1.64 bits per heavy atom. The Kier molecular flexibility index (Phi) is 2.33. The van der Waals surface area contributed by atoms with Gasteiger partial charge in [-0.25, -0.2) is 4.98 Å². The number of nitrogens with two attached hydrogens (primary N) is 1. The number of hydrogen-bond acceptors (Lipinski definition) is 3. The third-order valence-corrected chi connectivity index (χ3v) is 2.97. The van der Waals surface area contributed by atoms with Crippen LogP contribution in [0.15, 0.2) is 0 Å². The van der Waals surface area contributed by atoms with E-state index in [1.54, 1.807) is 0 Å². The van der Waals surface area contributed by atoms with E-state index in [9.17, 15) is 0 Å². The van der Waals surface area contributed by atoms with E-state index in [1.807, 2.05) is 6.92 Å². The fraction of sp³-hybridized carbons (Fsp3) is 0.700. The van der Waals surface area contributed by atoms with Gasteiger partial charge >= 0.3 is 0 Å². The molecule has 4 nitrogen and oxygen atoms in total. The van der Waals surface area contributed by atoms with Crippen LogP contribution in [0.4, 0.5) is 0 Å². The summed E-state index contributed by atoms with van der Waals surface area (Å²) < 4.78 is 5.41. The molecule has 1 fully saturated rings. The minimum atomic E-state index is 0.0537. The molecule has 1 aromatic rings. The van der Waals surface area contributed by atoms with Crippen molar-refractivity contribution in [1.82, 2.24) is 9.97 Å². The van der Waals surface area contributed by atoms with Crippen molar-refractivity contribution >= 4 is 0 Å². The molecule has 4 heteroatoms. The van der Waals surface area contributed by atoms with Crippen molar-refractivity contribution in [3.8, 4) is 0 Å². The number of aromatic amines is 1. The molecule has 1 atom stereocenters. The molecule has 0 saturated carbocycles. The monoisotopic (exact) mass is 195 g/mol. The van der Waals surface area contributed by atoms with E-state index in [1.165, 1.54) is 0 Å². The largest absolute Gasteiger partial charge is 0.380 e. The van der Waals surface area contributed by atoms with Gasteiger partial charge in [0.1, 0.15) is 5.82 Å². The van der Waals surface area contributed by atoms with Crippen LogP contribution in [0.2, 0.25) is 0 Å². The Hall–Kier alpha value is -0.870. The Labute approximate surface area is 83.9 Å². The second-order valence-corrected chi connectivity index (χ2v) is 4.22. The van der Waals surface area contributed by atoms with Gasteiger partial charge in [-0.1, -0.05) is 6.92 Å². The summed E-state index contributed by atoms with van der Waals surface area (Å²) in [7, 11) is 0. The topological polar surface area (TPSA) is 63.9 Å². The van der Waals surface area contributed by atoms with Crippen molar-refractivity contribution in [2.75, 3.05) is 13.2 Å². The fourth-order valence-corrected chi connectivity index (χ4v) is 1.83. The molecule has 1 aromatic heterocycles. The number of hydrogen-bond donors (Lipinski definition) is 2. The molecule has 0 aromatic carbocycles. The average molecular weight is 195 g/mol. The SMILES string of the molecule is Cc1[nH]c(C2(C)CCOC2)nc1CN.